The second-order valence-corrected chi connectivity index (χ2v) is 11.6. The summed E-state index contributed by atoms with van der Waals surface area (Å²) in [5.41, 5.74) is 1.66. The summed E-state index contributed by atoms with van der Waals surface area (Å²) in [6, 6.07) is 10.2. The Hall–Kier alpha value is -2.65. The van der Waals surface area contributed by atoms with Crippen molar-refractivity contribution in [2.45, 2.75) is 56.9 Å². The number of piperidine rings is 1. The van der Waals surface area contributed by atoms with Gasteiger partial charge in [-0.15, -0.1) is 0 Å². The standard InChI is InChI=1S/C26H37N5O3S/c1-19-11-15-31(16-12-19)26(32)22(8-6-14-28-24-10-3-4-13-27-24)30-35(33,34)23-9-5-7-21-17-20(2)18-29-25(21)23/h3-5,7,9-10,13,19-20,22,29-30H,6,8,11-12,14-18H2,1-2H3,(H,27,28)/t20?,22-/m0/s1. The average molecular weight is 500 g/mol. The molecule has 0 radical (unpaired) electrons. The van der Waals surface area contributed by atoms with E-state index in [4.69, 9.17) is 0 Å². The molecule has 9 heteroatoms. The molecule has 2 aliphatic heterocycles. The molecular formula is C26H37N5O3S. The Balaban J connectivity index is 1.49. The van der Waals surface area contributed by atoms with Crippen LogP contribution in [-0.4, -0.2) is 56.4 Å². The third-order valence-corrected chi connectivity index (χ3v) is 8.44. The number of nitrogens with zero attached hydrogens (tertiary/aromatic N) is 2. The highest BCUT2D eigenvalue weighted by Gasteiger charge is 2.32. The molecule has 0 spiro atoms. The summed E-state index contributed by atoms with van der Waals surface area (Å²) in [4.78, 5) is 19.8. The molecule has 35 heavy (non-hydrogen) atoms. The number of carbonyl (C=O) groups excluding carboxylic acids is 1. The van der Waals surface area contributed by atoms with Crippen LogP contribution in [0.4, 0.5) is 11.5 Å². The van der Waals surface area contributed by atoms with Crippen molar-refractivity contribution in [3.05, 3.63) is 48.2 Å². The molecule has 190 valence electrons. The molecule has 0 aliphatic carbocycles. The summed E-state index contributed by atoms with van der Waals surface area (Å²) in [6.07, 6.45) is 5.47. The Morgan fingerprint density at radius 2 is 1.94 bits per heavy atom. The lowest BCUT2D eigenvalue weighted by Gasteiger charge is -2.33. The minimum Gasteiger partial charge on any atom is -0.383 e. The van der Waals surface area contributed by atoms with Crippen LogP contribution < -0.4 is 15.4 Å². The van der Waals surface area contributed by atoms with E-state index in [0.717, 1.165) is 37.2 Å². The molecule has 8 nitrogen and oxygen atoms in total. The second kappa shape index (κ2) is 11.4. The molecule has 2 atom stereocenters. The summed E-state index contributed by atoms with van der Waals surface area (Å²) in [5.74, 6) is 1.65. The molecule has 1 fully saturated rings. The lowest BCUT2D eigenvalue weighted by atomic mass is 9.96. The number of benzene rings is 1. The maximum absolute atomic E-state index is 13.5. The molecular weight excluding hydrogens is 462 g/mol. The van der Waals surface area contributed by atoms with Gasteiger partial charge in [-0.1, -0.05) is 32.0 Å². The maximum Gasteiger partial charge on any atom is 0.243 e. The van der Waals surface area contributed by atoms with Crippen LogP contribution >= 0.6 is 0 Å². The van der Waals surface area contributed by atoms with Crippen molar-refractivity contribution in [1.29, 1.82) is 0 Å². The number of pyridine rings is 1. The van der Waals surface area contributed by atoms with E-state index >= 15 is 0 Å². The predicted molar refractivity (Wildman–Crippen MR) is 139 cm³/mol. The van der Waals surface area contributed by atoms with Crippen molar-refractivity contribution in [2.24, 2.45) is 11.8 Å². The summed E-state index contributed by atoms with van der Waals surface area (Å²) >= 11 is 0. The van der Waals surface area contributed by atoms with E-state index in [1.54, 1.807) is 18.3 Å². The van der Waals surface area contributed by atoms with Crippen molar-refractivity contribution < 1.29 is 13.2 Å². The summed E-state index contributed by atoms with van der Waals surface area (Å²) in [5, 5.41) is 6.54. The number of likely N-dealkylation sites (tertiary alicyclic amines) is 1. The van der Waals surface area contributed by atoms with Crippen LogP contribution in [0.5, 0.6) is 0 Å². The maximum atomic E-state index is 13.5. The molecule has 0 saturated carbocycles. The monoisotopic (exact) mass is 499 g/mol. The van der Waals surface area contributed by atoms with Crippen LogP contribution in [0, 0.1) is 11.8 Å². The molecule has 4 rings (SSSR count). The van der Waals surface area contributed by atoms with Gasteiger partial charge in [-0.3, -0.25) is 4.79 Å². The first-order chi connectivity index (χ1) is 16.8. The van der Waals surface area contributed by atoms with E-state index in [1.807, 2.05) is 29.2 Å². The smallest absolute Gasteiger partial charge is 0.243 e. The molecule has 1 aromatic heterocycles. The predicted octanol–water partition coefficient (Wildman–Crippen LogP) is 3.48. The van der Waals surface area contributed by atoms with Crippen LogP contribution in [0.3, 0.4) is 0 Å². The number of amides is 1. The van der Waals surface area contributed by atoms with Crippen LogP contribution in [-0.2, 0) is 21.2 Å². The van der Waals surface area contributed by atoms with Crippen molar-refractivity contribution in [3.8, 4) is 0 Å². The van der Waals surface area contributed by atoms with Gasteiger partial charge in [0.15, 0.2) is 0 Å². The van der Waals surface area contributed by atoms with Crippen molar-refractivity contribution in [1.82, 2.24) is 14.6 Å². The number of sulfonamides is 1. The fraction of sp³-hybridized carbons (Fsp3) is 0.538. The minimum atomic E-state index is -3.89. The van der Waals surface area contributed by atoms with Gasteiger partial charge in [0.1, 0.15) is 16.8 Å². The Kier molecular flexibility index (Phi) is 8.28. The number of carbonyl (C=O) groups is 1. The fourth-order valence-corrected chi connectivity index (χ4v) is 6.27. The van der Waals surface area contributed by atoms with Gasteiger partial charge >= 0.3 is 0 Å². The SMILES string of the molecule is CC1CCN(C(=O)[C@H](CCCNc2ccccn2)NS(=O)(=O)c2cccc3c2NCC(C)C3)CC1. The normalized spacial score (nSPS) is 19.5. The Morgan fingerprint density at radius 1 is 1.14 bits per heavy atom. The van der Waals surface area contributed by atoms with Gasteiger partial charge < -0.3 is 15.5 Å². The van der Waals surface area contributed by atoms with Crippen LogP contribution in [0.25, 0.3) is 0 Å². The van der Waals surface area contributed by atoms with Gasteiger partial charge in [-0.2, -0.15) is 4.72 Å². The molecule has 0 bridgehead atoms. The molecule has 1 saturated heterocycles. The quantitative estimate of drug-likeness (QED) is 0.457. The van der Waals surface area contributed by atoms with Gasteiger partial charge in [-0.05, 0) is 67.7 Å². The minimum absolute atomic E-state index is 0.135. The lowest BCUT2D eigenvalue weighted by molar-refractivity contribution is -0.134. The van der Waals surface area contributed by atoms with E-state index in [2.05, 4.69) is 34.2 Å². The Labute approximate surface area is 209 Å². The summed E-state index contributed by atoms with van der Waals surface area (Å²) < 4.78 is 29.9. The number of fused-ring (bicyclic) bond motifs is 1. The van der Waals surface area contributed by atoms with E-state index in [0.29, 0.717) is 50.0 Å². The molecule has 1 amide bonds. The van der Waals surface area contributed by atoms with Crippen molar-refractivity contribution >= 4 is 27.4 Å². The number of nitrogens with one attached hydrogen (secondary N) is 3. The zero-order valence-electron chi connectivity index (χ0n) is 20.7. The van der Waals surface area contributed by atoms with Gasteiger partial charge in [0.25, 0.3) is 0 Å². The first kappa shape index (κ1) is 25.4. The molecule has 2 aliphatic rings. The van der Waals surface area contributed by atoms with Crippen molar-refractivity contribution in [2.75, 3.05) is 36.8 Å². The van der Waals surface area contributed by atoms with Gasteiger partial charge in [-0.25, -0.2) is 13.4 Å². The molecule has 2 aromatic rings. The first-order valence-electron chi connectivity index (χ1n) is 12.7. The third-order valence-electron chi connectivity index (χ3n) is 6.93. The second-order valence-electron chi connectivity index (χ2n) is 9.95. The van der Waals surface area contributed by atoms with Gasteiger partial charge in [0.2, 0.25) is 15.9 Å². The van der Waals surface area contributed by atoms with E-state index in [-0.39, 0.29) is 10.8 Å². The number of anilines is 2. The van der Waals surface area contributed by atoms with Crippen LogP contribution in [0.2, 0.25) is 0 Å². The number of aromatic nitrogens is 1. The average Bonchev–Trinajstić information content (AvgIpc) is 2.86. The van der Waals surface area contributed by atoms with E-state index in [9.17, 15) is 13.2 Å². The third kappa shape index (κ3) is 6.52. The highest BCUT2D eigenvalue weighted by molar-refractivity contribution is 7.89. The van der Waals surface area contributed by atoms with Gasteiger partial charge in [0.05, 0.1) is 5.69 Å². The van der Waals surface area contributed by atoms with Crippen LogP contribution in [0.1, 0.15) is 45.1 Å². The highest BCUT2D eigenvalue weighted by Crippen LogP contribution is 2.31. The fourth-order valence-electron chi connectivity index (χ4n) is 4.82. The summed E-state index contributed by atoms with van der Waals surface area (Å²) in [7, 11) is -3.89. The zero-order valence-corrected chi connectivity index (χ0v) is 21.5. The zero-order chi connectivity index (χ0) is 24.8. The number of hydrogen-bond donors (Lipinski definition) is 3. The molecule has 1 aromatic carbocycles. The molecule has 3 heterocycles. The number of hydrogen-bond acceptors (Lipinski definition) is 6. The summed E-state index contributed by atoms with van der Waals surface area (Å²) in [6.45, 7) is 7.00. The molecule has 1 unspecified atom stereocenters. The Bertz CT molecular complexity index is 1100. The van der Waals surface area contributed by atoms with E-state index in [1.165, 1.54) is 0 Å². The van der Waals surface area contributed by atoms with Crippen LogP contribution in [0.15, 0.2) is 47.5 Å². The van der Waals surface area contributed by atoms with Crippen molar-refractivity contribution in [3.63, 3.8) is 0 Å². The lowest BCUT2D eigenvalue weighted by Crippen LogP contribution is -2.50. The number of rotatable bonds is 9. The topological polar surface area (TPSA) is 103 Å². The van der Waals surface area contributed by atoms with Gasteiger partial charge in [0, 0.05) is 32.4 Å². The first-order valence-corrected chi connectivity index (χ1v) is 14.1. The Morgan fingerprint density at radius 3 is 2.69 bits per heavy atom. The van der Waals surface area contributed by atoms with E-state index < -0.39 is 16.1 Å². The number of para-hydroxylation sites is 1. The highest BCUT2D eigenvalue weighted by atomic mass is 32.2. The molecule has 3 N–H and O–H groups in total. The largest absolute Gasteiger partial charge is 0.383 e.